The molecule has 0 spiro atoms. The molecule has 2 aromatic heterocycles. The van der Waals surface area contributed by atoms with Crippen molar-refractivity contribution in [2.75, 3.05) is 12.4 Å². The molecule has 7 heteroatoms. The van der Waals surface area contributed by atoms with Crippen LogP contribution in [0, 0.1) is 0 Å². The van der Waals surface area contributed by atoms with Crippen LogP contribution in [0.2, 0.25) is 0 Å². The number of nitrogens with one attached hydrogen (secondary N) is 1. The third-order valence-corrected chi connectivity index (χ3v) is 3.78. The molecule has 1 amide bonds. The van der Waals surface area contributed by atoms with Gasteiger partial charge in [0.25, 0.3) is 5.89 Å². The Hall–Kier alpha value is -2.67. The predicted molar refractivity (Wildman–Crippen MR) is 82.9 cm³/mol. The number of hydrogen-bond acceptors (Lipinski definition) is 6. The molecule has 0 unspecified atom stereocenters. The first-order valence-corrected chi connectivity index (χ1v) is 7.43. The number of aromatic nitrogens is 2. The van der Waals surface area contributed by atoms with Crippen LogP contribution in [-0.2, 0) is 11.2 Å². The minimum absolute atomic E-state index is 0.0990. The maximum Gasteiger partial charge on any atom is 0.322 e. The van der Waals surface area contributed by atoms with Crippen LogP contribution >= 0.6 is 11.3 Å². The van der Waals surface area contributed by atoms with Gasteiger partial charge in [-0.3, -0.25) is 10.1 Å². The lowest BCUT2D eigenvalue weighted by Gasteiger charge is -2.03. The first-order chi connectivity index (χ1) is 10.7. The van der Waals surface area contributed by atoms with E-state index in [-0.39, 0.29) is 18.3 Å². The molecule has 0 aliphatic carbocycles. The molecule has 0 saturated heterocycles. The zero-order valence-corrected chi connectivity index (χ0v) is 12.6. The number of carbonyl (C=O) groups is 1. The number of rotatable bonds is 5. The predicted octanol–water partition coefficient (Wildman–Crippen LogP) is 2.99. The Bertz CT molecular complexity index is 751. The van der Waals surface area contributed by atoms with Crippen molar-refractivity contribution in [2.24, 2.45) is 0 Å². The number of anilines is 1. The van der Waals surface area contributed by atoms with Gasteiger partial charge in [0.1, 0.15) is 5.75 Å². The molecule has 0 bridgehead atoms. The van der Waals surface area contributed by atoms with Gasteiger partial charge in [-0.1, -0.05) is 23.3 Å². The van der Waals surface area contributed by atoms with Crippen molar-refractivity contribution in [2.45, 2.75) is 6.42 Å². The maximum atomic E-state index is 12.0. The van der Waals surface area contributed by atoms with Crippen LogP contribution in [0.4, 0.5) is 6.01 Å². The van der Waals surface area contributed by atoms with Gasteiger partial charge in [0.15, 0.2) is 0 Å². The number of hydrogen-bond donors (Lipinski definition) is 1. The minimum Gasteiger partial charge on any atom is -0.497 e. The molecule has 22 heavy (non-hydrogen) atoms. The van der Waals surface area contributed by atoms with Crippen LogP contribution in [0.3, 0.4) is 0 Å². The van der Waals surface area contributed by atoms with Gasteiger partial charge in [0.05, 0.1) is 18.4 Å². The monoisotopic (exact) mass is 315 g/mol. The highest BCUT2D eigenvalue weighted by atomic mass is 32.1. The quantitative estimate of drug-likeness (QED) is 0.783. The second kappa shape index (κ2) is 6.40. The van der Waals surface area contributed by atoms with Crippen molar-refractivity contribution >= 4 is 23.3 Å². The van der Waals surface area contributed by atoms with Crippen LogP contribution in [-0.4, -0.2) is 23.2 Å². The van der Waals surface area contributed by atoms with Gasteiger partial charge in [-0.05, 0) is 29.1 Å². The van der Waals surface area contributed by atoms with Gasteiger partial charge in [-0.15, -0.1) is 16.4 Å². The number of carbonyl (C=O) groups excluding carboxylic acids is 1. The van der Waals surface area contributed by atoms with Crippen molar-refractivity contribution in [3.63, 3.8) is 0 Å². The topological polar surface area (TPSA) is 77.2 Å². The Morgan fingerprint density at radius 3 is 2.77 bits per heavy atom. The van der Waals surface area contributed by atoms with E-state index >= 15 is 0 Å². The van der Waals surface area contributed by atoms with Crippen LogP contribution in [0.25, 0.3) is 10.8 Å². The summed E-state index contributed by atoms with van der Waals surface area (Å²) in [5.74, 6) is 0.933. The molecule has 112 valence electrons. The van der Waals surface area contributed by atoms with E-state index in [4.69, 9.17) is 9.15 Å². The molecular weight excluding hydrogens is 302 g/mol. The lowest BCUT2D eigenvalue weighted by molar-refractivity contribution is -0.115. The summed E-state index contributed by atoms with van der Waals surface area (Å²) in [6, 6.07) is 11.2. The molecule has 3 aromatic rings. The lowest BCUT2D eigenvalue weighted by atomic mass is 10.1. The first-order valence-electron chi connectivity index (χ1n) is 6.55. The van der Waals surface area contributed by atoms with E-state index in [1.165, 1.54) is 11.3 Å². The molecule has 0 fully saturated rings. The number of thiophene rings is 1. The summed E-state index contributed by atoms with van der Waals surface area (Å²) in [5, 5.41) is 12.2. The van der Waals surface area contributed by atoms with Crippen molar-refractivity contribution in [1.29, 1.82) is 0 Å². The third kappa shape index (κ3) is 3.32. The maximum absolute atomic E-state index is 12.0. The van der Waals surface area contributed by atoms with Gasteiger partial charge < -0.3 is 9.15 Å². The van der Waals surface area contributed by atoms with E-state index in [0.29, 0.717) is 5.89 Å². The van der Waals surface area contributed by atoms with Crippen molar-refractivity contribution in [3.8, 4) is 16.5 Å². The van der Waals surface area contributed by atoms with Gasteiger partial charge in [0.2, 0.25) is 5.91 Å². The summed E-state index contributed by atoms with van der Waals surface area (Å²) in [4.78, 5) is 12.8. The smallest absolute Gasteiger partial charge is 0.322 e. The number of nitrogens with zero attached hydrogens (tertiary/aromatic N) is 2. The van der Waals surface area contributed by atoms with Crippen LogP contribution in [0.5, 0.6) is 5.75 Å². The van der Waals surface area contributed by atoms with E-state index in [2.05, 4.69) is 15.5 Å². The summed E-state index contributed by atoms with van der Waals surface area (Å²) in [6.07, 6.45) is 0.223. The summed E-state index contributed by atoms with van der Waals surface area (Å²) >= 11 is 1.49. The Kier molecular flexibility index (Phi) is 4.15. The fourth-order valence-electron chi connectivity index (χ4n) is 1.87. The zero-order chi connectivity index (χ0) is 15.4. The molecule has 0 atom stereocenters. The molecular formula is C15H13N3O3S. The molecule has 1 aromatic carbocycles. The van der Waals surface area contributed by atoms with Gasteiger partial charge in [-0.2, -0.15) is 0 Å². The first kappa shape index (κ1) is 14.3. The molecule has 6 nitrogen and oxygen atoms in total. The SMILES string of the molecule is COc1ccc(CC(=O)Nc2nnc(-c3cccs3)o2)cc1. The zero-order valence-electron chi connectivity index (χ0n) is 11.8. The highest BCUT2D eigenvalue weighted by Gasteiger charge is 2.12. The fraction of sp³-hybridized carbons (Fsp3) is 0.133. The second-order valence-electron chi connectivity index (χ2n) is 4.46. The lowest BCUT2D eigenvalue weighted by Crippen LogP contribution is -2.14. The van der Waals surface area contributed by atoms with Crippen molar-refractivity contribution < 1.29 is 13.9 Å². The molecule has 2 heterocycles. The van der Waals surface area contributed by atoms with E-state index < -0.39 is 0 Å². The molecule has 1 N–H and O–H groups in total. The number of amides is 1. The minimum atomic E-state index is -0.216. The normalized spacial score (nSPS) is 10.4. The highest BCUT2D eigenvalue weighted by molar-refractivity contribution is 7.13. The average Bonchev–Trinajstić information content (AvgIpc) is 3.19. The van der Waals surface area contributed by atoms with E-state index in [1.807, 2.05) is 41.8 Å². The Balaban J connectivity index is 1.61. The van der Waals surface area contributed by atoms with Crippen molar-refractivity contribution in [3.05, 3.63) is 47.3 Å². The van der Waals surface area contributed by atoms with Gasteiger partial charge >= 0.3 is 6.01 Å². The Labute approximate surface area is 130 Å². The van der Waals surface area contributed by atoms with Crippen LogP contribution < -0.4 is 10.1 Å². The standard InChI is InChI=1S/C15H13N3O3S/c1-20-11-6-4-10(5-7-11)9-13(19)16-15-18-17-14(21-15)12-3-2-8-22-12/h2-8H,9H2,1H3,(H,16,18,19). The van der Waals surface area contributed by atoms with E-state index in [9.17, 15) is 4.79 Å². The summed E-state index contributed by atoms with van der Waals surface area (Å²) < 4.78 is 10.5. The summed E-state index contributed by atoms with van der Waals surface area (Å²) in [6.45, 7) is 0. The van der Waals surface area contributed by atoms with Gasteiger partial charge in [-0.25, -0.2) is 0 Å². The number of methoxy groups -OCH3 is 1. The molecule has 0 radical (unpaired) electrons. The van der Waals surface area contributed by atoms with Crippen LogP contribution in [0.15, 0.2) is 46.2 Å². The van der Waals surface area contributed by atoms with E-state index in [1.54, 1.807) is 7.11 Å². The summed E-state index contributed by atoms with van der Waals surface area (Å²) in [7, 11) is 1.60. The molecule has 3 rings (SSSR count). The van der Waals surface area contributed by atoms with Gasteiger partial charge in [0, 0.05) is 0 Å². The Morgan fingerprint density at radius 2 is 2.09 bits per heavy atom. The largest absolute Gasteiger partial charge is 0.497 e. The Morgan fingerprint density at radius 1 is 1.27 bits per heavy atom. The number of ether oxygens (including phenoxy) is 1. The molecule has 0 aliphatic rings. The fourth-order valence-corrected chi connectivity index (χ4v) is 2.51. The average molecular weight is 315 g/mol. The molecule has 0 aliphatic heterocycles. The van der Waals surface area contributed by atoms with Crippen LogP contribution in [0.1, 0.15) is 5.56 Å². The third-order valence-electron chi connectivity index (χ3n) is 2.93. The highest BCUT2D eigenvalue weighted by Crippen LogP contribution is 2.24. The summed E-state index contributed by atoms with van der Waals surface area (Å²) in [5.41, 5.74) is 0.872. The van der Waals surface area contributed by atoms with Crippen molar-refractivity contribution in [1.82, 2.24) is 10.2 Å². The van der Waals surface area contributed by atoms with E-state index in [0.717, 1.165) is 16.2 Å². The molecule has 0 saturated carbocycles. The number of benzene rings is 1. The second-order valence-corrected chi connectivity index (χ2v) is 5.41.